The van der Waals surface area contributed by atoms with Crippen LogP contribution in [-0.4, -0.2) is 12.0 Å². The van der Waals surface area contributed by atoms with Crippen molar-refractivity contribution in [2.45, 2.75) is 39.2 Å². The van der Waals surface area contributed by atoms with E-state index in [-0.39, 0.29) is 11.1 Å². The molecule has 2 rings (SSSR count). The van der Waals surface area contributed by atoms with Gasteiger partial charge in [-0.1, -0.05) is 32.9 Å². The van der Waals surface area contributed by atoms with Gasteiger partial charge in [0, 0.05) is 5.69 Å². The summed E-state index contributed by atoms with van der Waals surface area (Å²) in [5, 5.41) is 2.49. The number of rotatable bonds is 4. The minimum atomic E-state index is -0.772. The second-order valence-electron chi connectivity index (χ2n) is 6.76. The molecule has 0 bridgehead atoms. The van der Waals surface area contributed by atoms with Crippen molar-refractivity contribution in [3.8, 4) is 5.75 Å². The maximum Gasteiger partial charge on any atom is 0.265 e. The van der Waals surface area contributed by atoms with Crippen molar-refractivity contribution in [2.24, 2.45) is 0 Å². The lowest BCUT2D eigenvalue weighted by Crippen LogP contribution is -2.30. The van der Waals surface area contributed by atoms with Gasteiger partial charge in [-0.2, -0.15) is 0 Å². The van der Waals surface area contributed by atoms with Crippen LogP contribution in [0.4, 0.5) is 15.8 Å². The number of hydrogen-bond donors (Lipinski definition) is 2. The number of carbonyl (C=O) groups is 1. The number of carbonyl (C=O) groups excluding carboxylic acids is 1. The zero-order valence-electron chi connectivity index (χ0n) is 14.4. The molecule has 0 heterocycles. The van der Waals surface area contributed by atoms with E-state index >= 15 is 0 Å². The lowest BCUT2D eigenvalue weighted by molar-refractivity contribution is -0.122. The molecule has 24 heavy (non-hydrogen) atoms. The second kappa shape index (κ2) is 6.91. The predicted molar refractivity (Wildman–Crippen MR) is 94.7 cm³/mol. The number of amides is 1. The van der Waals surface area contributed by atoms with Gasteiger partial charge < -0.3 is 15.8 Å². The number of nitrogens with two attached hydrogens (primary N) is 1. The van der Waals surface area contributed by atoms with Crippen molar-refractivity contribution < 1.29 is 13.9 Å². The third-order valence-electron chi connectivity index (χ3n) is 3.65. The Morgan fingerprint density at radius 1 is 1.17 bits per heavy atom. The number of nitrogen functional groups attached to an aromatic ring is 1. The largest absolute Gasteiger partial charge is 0.481 e. The molecule has 5 heteroatoms. The van der Waals surface area contributed by atoms with E-state index in [2.05, 4.69) is 26.1 Å². The first-order chi connectivity index (χ1) is 11.2. The summed E-state index contributed by atoms with van der Waals surface area (Å²) >= 11 is 0. The van der Waals surface area contributed by atoms with Gasteiger partial charge in [0.1, 0.15) is 11.6 Å². The lowest BCUT2D eigenvalue weighted by Gasteiger charge is -2.20. The van der Waals surface area contributed by atoms with E-state index in [0.29, 0.717) is 11.4 Å². The fourth-order valence-corrected chi connectivity index (χ4v) is 2.16. The van der Waals surface area contributed by atoms with Gasteiger partial charge in [-0.25, -0.2) is 4.39 Å². The molecule has 0 aliphatic carbocycles. The van der Waals surface area contributed by atoms with E-state index in [1.165, 1.54) is 23.8 Å². The Morgan fingerprint density at radius 2 is 1.79 bits per heavy atom. The number of halogens is 1. The van der Waals surface area contributed by atoms with Gasteiger partial charge in [0.15, 0.2) is 6.10 Å². The van der Waals surface area contributed by atoms with E-state index in [1.807, 2.05) is 24.3 Å². The fraction of sp³-hybridized carbons (Fsp3) is 0.316. The Morgan fingerprint density at radius 3 is 2.38 bits per heavy atom. The Balaban J connectivity index is 2.02. The average Bonchev–Trinajstić information content (AvgIpc) is 2.50. The molecule has 0 aliphatic rings. The van der Waals surface area contributed by atoms with Crippen LogP contribution in [0.1, 0.15) is 33.3 Å². The highest BCUT2D eigenvalue weighted by atomic mass is 19.1. The minimum Gasteiger partial charge on any atom is -0.481 e. The molecular weight excluding hydrogens is 307 g/mol. The minimum absolute atomic E-state index is 0.0403. The average molecular weight is 330 g/mol. The van der Waals surface area contributed by atoms with Crippen LogP contribution < -0.4 is 15.8 Å². The van der Waals surface area contributed by atoms with E-state index in [1.54, 1.807) is 6.92 Å². The molecule has 3 N–H and O–H groups in total. The zero-order chi connectivity index (χ0) is 17.9. The number of hydrogen-bond acceptors (Lipinski definition) is 3. The van der Waals surface area contributed by atoms with E-state index < -0.39 is 17.8 Å². The molecule has 2 aromatic carbocycles. The maximum absolute atomic E-state index is 13.7. The van der Waals surface area contributed by atoms with Gasteiger partial charge in [0.2, 0.25) is 0 Å². The Hall–Kier alpha value is -2.56. The molecule has 0 saturated heterocycles. The van der Waals surface area contributed by atoms with Crippen LogP contribution in [-0.2, 0) is 10.2 Å². The van der Waals surface area contributed by atoms with Crippen molar-refractivity contribution in [1.82, 2.24) is 0 Å². The molecule has 2 aromatic rings. The molecule has 0 aromatic heterocycles. The summed E-state index contributed by atoms with van der Waals surface area (Å²) in [6.45, 7) is 7.98. The molecule has 1 atom stereocenters. The van der Waals surface area contributed by atoms with Gasteiger partial charge in [0.25, 0.3) is 5.91 Å². The molecule has 0 fully saturated rings. The van der Waals surface area contributed by atoms with E-state index in [9.17, 15) is 9.18 Å². The molecule has 128 valence electrons. The van der Waals surface area contributed by atoms with Gasteiger partial charge >= 0.3 is 0 Å². The van der Waals surface area contributed by atoms with Crippen molar-refractivity contribution in [2.75, 3.05) is 11.1 Å². The summed E-state index contributed by atoms with van der Waals surface area (Å²) in [6, 6.07) is 11.6. The summed E-state index contributed by atoms with van der Waals surface area (Å²) in [6.07, 6.45) is -0.772. The number of nitrogens with one attached hydrogen (secondary N) is 1. The quantitative estimate of drug-likeness (QED) is 0.829. The van der Waals surface area contributed by atoms with Crippen LogP contribution in [0.25, 0.3) is 0 Å². The van der Waals surface area contributed by atoms with Gasteiger partial charge in [0.05, 0.1) is 5.69 Å². The van der Waals surface area contributed by atoms with Crippen LogP contribution in [0, 0.1) is 5.82 Å². The summed E-state index contributed by atoms with van der Waals surface area (Å²) in [7, 11) is 0. The molecule has 4 nitrogen and oxygen atoms in total. The van der Waals surface area contributed by atoms with Crippen LogP contribution >= 0.6 is 0 Å². The summed E-state index contributed by atoms with van der Waals surface area (Å²) < 4.78 is 19.3. The van der Waals surface area contributed by atoms with Crippen LogP contribution in [0.5, 0.6) is 5.75 Å². The van der Waals surface area contributed by atoms with Crippen LogP contribution in [0.3, 0.4) is 0 Å². The first kappa shape index (κ1) is 17.8. The number of benzene rings is 2. The van der Waals surface area contributed by atoms with Crippen molar-refractivity contribution in [1.29, 1.82) is 0 Å². The monoisotopic (exact) mass is 330 g/mol. The first-order valence-corrected chi connectivity index (χ1v) is 7.80. The molecule has 0 spiro atoms. The van der Waals surface area contributed by atoms with E-state index in [0.717, 1.165) is 0 Å². The SMILES string of the molecule is C[C@@H](Oc1ccc(C(C)(C)C)cc1)C(=O)Nc1cc(N)ccc1F. The highest BCUT2D eigenvalue weighted by Gasteiger charge is 2.18. The Labute approximate surface area is 141 Å². The van der Waals surface area contributed by atoms with Crippen molar-refractivity contribution in [3.63, 3.8) is 0 Å². The third-order valence-corrected chi connectivity index (χ3v) is 3.65. The smallest absolute Gasteiger partial charge is 0.265 e. The Kier molecular flexibility index (Phi) is 5.12. The highest BCUT2D eigenvalue weighted by molar-refractivity contribution is 5.94. The molecular formula is C19H23FN2O2. The first-order valence-electron chi connectivity index (χ1n) is 7.80. The van der Waals surface area contributed by atoms with Gasteiger partial charge in [-0.05, 0) is 48.2 Å². The molecule has 0 aliphatic heterocycles. The standard InChI is InChI=1S/C19H23FN2O2/c1-12(18(23)22-17-11-14(21)7-10-16(17)20)24-15-8-5-13(6-9-15)19(2,3)4/h5-12H,21H2,1-4H3,(H,22,23)/t12-/m1/s1. The van der Waals surface area contributed by atoms with E-state index in [4.69, 9.17) is 10.5 Å². The van der Waals surface area contributed by atoms with Crippen LogP contribution in [0.15, 0.2) is 42.5 Å². The number of anilines is 2. The Bertz CT molecular complexity index is 721. The van der Waals surface area contributed by atoms with Crippen LogP contribution in [0.2, 0.25) is 0 Å². The zero-order valence-corrected chi connectivity index (χ0v) is 14.4. The lowest BCUT2D eigenvalue weighted by atomic mass is 9.87. The van der Waals surface area contributed by atoms with Gasteiger partial charge in [-0.3, -0.25) is 4.79 Å². The summed E-state index contributed by atoms with van der Waals surface area (Å²) in [5.41, 5.74) is 7.24. The molecule has 0 unspecified atom stereocenters. The third kappa shape index (κ3) is 4.47. The summed E-state index contributed by atoms with van der Waals surface area (Å²) in [5.74, 6) is -0.405. The van der Waals surface area contributed by atoms with Crippen molar-refractivity contribution in [3.05, 3.63) is 53.8 Å². The van der Waals surface area contributed by atoms with Crippen molar-refractivity contribution >= 4 is 17.3 Å². The molecule has 0 saturated carbocycles. The molecule has 1 amide bonds. The summed E-state index contributed by atoms with van der Waals surface area (Å²) in [4.78, 5) is 12.2. The predicted octanol–water partition coefficient (Wildman–Crippen LogP) is 4.11. The fourth-order valence-electron chi connectivity index (χ4n) is 2.16. The topological polar surface area (TPSA) is 64.3 Å². The highest BCUT2D eigenvalue weighted by Crippen LogP contribution is 2.25. The molecule has 0 radical (unpaired) electrons. The second-order valence-corrected chi connectivity index (χ2v) is 6.76. The van der Waals surface area contributed by atoms with Gasteiger partial charge in [-0.15, -0.1) is 0 Å². The maximum atomic E-state index is 13.7. The normalized spacial score (nSPS) is 12.5. The number of ether oxygens (including phenoxy) is 1.